The average molecular weight is 359 g/mol. The van der Waals surface area contributed by atoms with E-state index < -0.39 is 0 Å². The van der Waals surface area contributed by atoms with Crippen molar-refractivity contribution in [3.8, 4) is 0 Å². The number of likely N-dealkylation sites (N-methyl/N-ethyl adjacent to an activating group) is 1. The van der Waals surface area contributed by atoms with Gasteiger partial charge < -0.3 is 10.2 Å². The lowest BCUT2D eigenvalue weighted by atomic mass is 9.88. The van der Waals surface area contributed by atoms with Gasteiger partial charge in [-0.3, -0.25) is 14.7 Å². The lowest BCUT2D eigenvalue weighted by molar-refractivity contribution is -0.123. The maximum absolute atomic E-state index is 12.4. The summed E-state index contributed by atoms with van der Waals surface area (Å²) in [5.74, 6) is 1.02. The second kappa shape index (κ2) is 10.0. The fourth-order valence-corrected chi connectivity index (χ4v) is 4.45. The first kappa shape index (κ1) is 19.3. The van der Waals surface area contributed by atoms with E-state index in [4.69, 9.17) is 0 Å². The van der Waals surface area contributed by atoms with Gasteiger partial charge in [0.1, 0.15) is 0 Å². The lowest BCUT2D eigenvalue weighted by Gasteiger charge is -2.36. The van der Waals surface area contributed by atoms with Crippen LogP contribution < -0.4 is 5.32 Å². The topological polar surface area (TPSA) is 48.5 Å². The van der Waals surface area contributed by atoms with Gasteiger partial charge >= 0.3 is 0 Å². The maximum Gasteiger partial charge on any atom is 0.234 e. The van der Waals surface area contributed by atoms with E-state index in [0.29, 0.717) is 12.6 Å². The number of piperidine rings is 1. The Balaban J connectivity index is 1.39. The van der Waals surface area contributed by atoms with Crippen LogP contribution in [-0.4, -0.2) is 60.0 Å². The highest BCUT2D eigenvalue weighted by Crippen LogP contribution is 2.25. The largest absolute Gasteiger partial charge is 0.351 e. The number of amides is 1. The van der Waals surface area contributed by atoms with E-state index in [9.17, 15) is 4.79 Å². The van der Waals surface area contributed by atoms with Gasteiger partial charge in [0.25, 0.3) is 0 Å². The van der Waals surface area contributed by atoms with E-state index in [2.05, 4.69) is 20.1 Å². The number of carbonyl (C=O) groups excluding carboxylic acids is 1. The van der Waals surface area contributed by atoms with Crippen molar-refractivity contribution in [1.29, 1.82) is 0 Å². The lowest BCUT2D eigenvalue weighted by Crippen LogP contribution is -2.50. The van der Waals surface area contributed by atoms with Gasteiger partial charge in [0.05, 0.1) is 6.54 Å². The smallest absolute Gasteiger partial charge is 0.234 e. The highest BCUT2D eigenvalue weighted by molar-refractivity contribution is 5.78. The predicted molar refractivity (Wildman–Crippen MR) is 105 cm³/mol. The van der Waals surface area contributed by atoms with Crippen molar-refractivity contribution in [2.75, 3.05) is 33.2 Å². The van der Waals surface area contributed by atoms with Crippen LogP contribution in [0.1, 0.15) is 50.5 Å². The Bertz CT molecular complexity index is 544. The highest BCUT2D eigenvalue weighted by atomic mass is 16.2. The molecular weight excluding hydrogens is 324 g/mol. The quantitative estimate of drug-likeness (QED) is 0.814. The van der Waals surface area contributed by atoms with Crippen LogP contribution >= 0.6 is 0 Å². The molecule has 1 atom stereocenters. The Morgan fingerprint density at radius 3 is 2.73 bits per heavy atom. The van der Waals surface area contributed by atoms with Gasteiger partial charge in [-0.2, -0.15) is 0 Å². The predicted octanol–water partition coefficient (Wildman–Crippen LogP) is 2.67. The van der Waals surface area contributed by atoms with Crippen molar-refractivity contribution < 1.29 is 4.79 Å². The number of hydrogen-bond acceptors (Lipinski definition) is 4. The Morgan fingerprint density at radius 2 is 1.96 bits per heavy atom. The molecule has 1 saturated carbocycles. The fourth-order valence-electron chi connectivity index (χ4n) is 4.45. The molecule has 1 aromatic heterocycles. The summed E-state index contributed by atoms with van der Waals surface area (Å²) in [5.41, 5.74) is 1.19. The Morgan fingerprint density at radius 1 is 1.19 bits per heavy atom. The van der Waals surface area contributed by atoms with Crippen molar-refractivity contribution in [3.63, 3.8) is 0 Å². The maximum atomic E-state index is 12.4. The minimum atomic E-state index is 0.145. The summed E-state index contributed by atoms with van der Waals surface area (Å²) in [6.07, 6.45) is 12.9. The summed E-state index contributed by atoms with van der Waals surface area (Å²) >= 11 is 0. The average Bonchev–Trinajstić information content (AvgIpc) is 2.63. The van der Waals surface area contributed by atoms with Gasteiger partial charge in [-0.15, -0.1) is 0 Å². The zero-order valence-corrected chi connectivity index (χ0v) is 16.2. The standard InChI is InChI=1S/C21H34N4O/c1-24(14-19-9-11-22-12-10-19)17-21(26)23-20-8-5-13-25(16-20)15-18-6-3-2-4-7-18/h9-12,18,20H,2-8,13-17H2,1H3,(H,23,26). The first-order valence-corrected chi connectivity index (χ1v) is 10.3. The molecule has 1 aromatic rings. The van der Waals surface area contributed by atoms with Gasteiger partial charge in [0.15, 0.2) is 0 Å². The Labute approximate surface area is 158 Å². The number of nitrogens with zero attached hydrogens (tertiary/aromatic N) is 3. The van der Waals surface area contributed by atoms with E-state index in [1.807, 2.05) is 19.2 Å². The molecule has 2 heterocycles. The van der Waals surface area contributed by atoms with Gasteiger partial charge in [-0.25, -0.2) is 0 Å². The van der Waals surface area contributed by atoms with Crippen molar-refractivity contribution in [3.05, 3.63) is 30.1 Å². The van der Waals surface area contributed by atoms with Gasteiger partial charge in [-0.05, 0) is 62.9 Å². The number of nitrogens with one attached hydrogen (secondary N) is 1. The molecule has 144 valence electrons. The molecule has 5 heteroatoms. The summed E-state index contributed by atoms with van der Waals surface area (Å²) in [6.45, 7) is 4.67. The molecule has 0 spiro atoms. The molecule has 1 saturated heterocycles. The van der Waals surface area contributed by atoms with Crippen LogP contribution in [0, 0.1) is 5.92 Å². The molecule has 26 heavy (non-hydrogen) atoms. The summed E-state index contributed by atoms with van der Waals surface area (Å²) in [4.78, 5) is 21.1. The zero-order chi connectivity index (χ0) is 18.2. The van der Waals surface area contributed by atoms with Gasteiger partial charge in [0.2, 0.25) is 5.91 Å². The molecule has 1 aliphatic carbocycles. The molecule has 1 unspecified atom stereocenters. The van der Waals surface area contributed by atoms with E-state index in [1.54, 1.807) is 12.4 Å². The van der Waals surface area contributed by atoms with Crippen molar-refractivity contribution in [1.82, 2.24) is 20.1 Å². The van der Waals surface area contributed by atoms with E-state index in [1.165, 1.54) is 57.2 Å². The fraction of sp³-hybridized carbons (Fsp3) is 0.714. The minimum absolute atomic E-state index is 0.145. The third kappa shape index (κ3) is 6.36. The van der Waals surface area contributed by atoms with Crippen LogP contribution in [0.3, 0.4) is 0 Å². The summed E-state index contributed by atoms with van der Waals surface area (Å²) in [6, 6.07) is 4.31. The summed E-state index contributed by atoms with van der Waals surface area (Å²) in [7, 11) is 2.00. The summed E-state index contributed by atoms with van der Waals surface area (Å²) in [5, 5.41) is 3.27. The van der Waals surface area contributed by atoms with Gasteiger partial charge in [0, 0.05) is 38.1 Å². The van der Waals surface area contributed by atoms with Crippen LogP contribution in [0.5, 0.6) is 0 Å². The molecule has 0 radical (unpaired) electrons. The number of pyridine rings is 1. The van der Waals surface area contributed by atoms with Crippen LogP contribution in [0.15, 0.2) is 24.5 Å². The molecule has 2 aliphatic rings. The number of aromatic nitrogens is 1. The summed E-state index contributed by atoms with van der Waals surface area (Å²) < 4.78 is 0. The first-order valence-electron chi connectivity index (χ1n) is 10.3. The second-order valence-electron chi connectivity index (χ2n) is 8.20. The molecule has 5 nitrogen and oxygen atoms in total. The van der Waals surface area contributed by atoms with Crippen molar-refractivity contribution in [2.24, 2.45) is 5.92 Å². The molecule has 3 rings (SSSR count). The van der Waals surface area contributed by atoms with Crippen LogP contribution in [0.4, 0.5) is 0 Å². The van der Waals surface area contributed by atoms with Crippen LogP contribution in [-0.2, 0) is 11.3 Å². The van der Waals surface area contributed by atoms with E-state index in [-0.39, 0.29) is 5.91 Å². The number of carbonyl (C=O) groups is 1. The van der Waals surface area contributed by atoms with Crippen LogP contribution in [0.2, 0.25) is 0 Å². The van der Waals surface area contributed by atoms with Crippen molar-refractivity contribution in [2.45, 2.75) is 57.5 Å². The third-order valence-electron chi connectivity index (χ3n) is 5.73. The number of hydrogen-bond donors (Lipinski definition) is 1. The molecule has 1 amide bonds. The van der Waals surface area contributed by atoms with Crippen molar-refractivity contribution >= 4 is 5.91 Å². The third-order valence-corrected chi connectivity index (χ3v) is 5.73. The molecule has 1 N–H and O–H groups in total. The van der Waals surface area contributed by atoms with E-state index >= 15 is 0 Å². The molecule has 1 aliphatic heterocycles. The Hall–Kier alpha value is -1.46. The van der Waals surface area contributed by atoms with Gasteiger partial charge in [-0.1, -0.05) is 19.3 Å². The SMILES string of the molecule is CN(CC(=O)NC1CCCN(CC2CCCCC2)C1)Cc1ccncc1. The molecular formula is C21H34N4O. The highest BCUT2D eigenvalue weighted by Gasteiger charge is 2.24. The number of rotatable bonds is 7. The normalized spacial score (nSPS) is 22.5. The second-order valence-corrected chi connectivity index (χ2v) is 8.20. The zero-order valence-electron chi connectivity index (χ0n) is 16.2. The van der Waals surface area contributed by atoms with Crippen LogP contribution in [0.25, 0.3) is 0 Å². The number of likely N-dealkylation sites (tertiary alicyclic amines) is 1. The van der Waals surface area contributed by atoms with E-state index in [0.717, 1.165) is 25.4 Å². The molecule has 0 bridgehead atoms. The monoisotopic (exact) mass is 358 g/mol. The Kier molecular flexibility index (Phi) is 7.44. The minimum Gasteiger partial charge on any atom is -0.351 e. The first-order chi connectivity index (χ1) is 12.7. The molecule has 0 aromatic carbocycles. The molecule has 2 fully saturated rings.